The van der Waals surface area contributed by atoms with Crippen molar-refractivity contribution in [3.8, 4) is 0 Å². The summed E-state index contributed by atoms with van der Waals surface area (Å²) in [7, 11) is 0. The fourth-order valence-corrected chi connectivity index (χ4v) is 1.16. The van der Waals surface area contributed by atoms with Crippen LogP contribution >= 0.6 is 11.3 Å². The first kappa shape index (κ1) is 6.22. The average molecular weight is 141 g/mol. The molecule has 9 heavy (non-hydrogen) atoms. The molecule has 0 radical (unpaired) electrons. The zero-order chi connectivity index (χ0) is 5.40. The Kier molecular flexibility index (Phi) is 1.48. The van der Waals surface area contributed by atoms with E-state index in [9.17, 15) is 0 Å². The highest BCUT2D eigenvalue weighted by atomic mass is 32.1. The van der Waals surface area contributed by atoms with Gasteiger partial charge in [0.2, 0.25) is 4.96 Å². The lowest BCUT2D eigenvalue weighted by Gasteiger charge is -1.69. The summed E-state index contributed by atoms with van der Waals surface area (Å²) in [6.45, 7) is 0. The van der Waals surface area contributed by atoms with Crippen LogP contribution in [0.1, 0.15) is 7.43 Å². The lowest BCUT2D eigenvalue weighted by Crippen LogP contribution is -1.74. The fourth-order valence-electron chi connectivity index (χ4n) is 0.577. The number of hydrogen-bond donors (Lipinski definition) is 0. The van der Waals surface area contributed by atoms with Crippen molar-refractivity contribution < 1.29 is 0 Å². The van der Waals surface area contributed by atoms with Crippen molar-refractivity contribution in [2.45, 2.75) is 7.43 Å². The summed E-state index contributed by atoms with van der Waals surface area (Å²) in [5.74, 6) is 0. The molecule has 0 spiro atoms. The quantitative estimate of drug-likeness (QED) is 0.555. The van der Waals surface area contributed by atoms with Gasteiger partial charge < -0.3 is 0 Å². The van der Waals surface area contributed by atoms with E-state index >= 15 is 0 Å². The molecular weight excluding hydrogens is 134 g/mol. The molecule has 0 aliphatic rings. The fraction of sp³-hybridized carbons (Fsp3) is 0.200. The van der Waals surface area contributed by atoms with Gasteiger partial charge in [-0.25, -0.2) is 9.50 Å². The van der Waals surface area contributed by atoms with Gasteiger partial charge in [0.05, 0.1) is 6.20 Å². The molecule has 48 valence electrons. The lowest BCUT2D eigenvalue weighted by molar-refractivity contribution is 0.974. The summed E-state index contributed by atoms with van der Waals surface area (Å²) >= 11 is 1.53. The highest BCUT2D eigenvalue weighted by Crippen LogP contribution is 2.02. The maximum Gasteiger partial charge on any atom is 0.211 e. The van der Waals surface area contributed by atoms with Gasteiger partial charge in [0.1, 0.15) is 5.51 Å². The Morgan fingerprint density at radius 3 is 3.22 bits per heavy atom. The molecule has 0 aliphatic carbocycles. The van der Waals surface area contributed by atoms with Gasteiger partial charge in [-0.1, -0.05) is 18.8 Å². The number of nitrogens with zero attached hydrogens (tertiary/aromatic N) is 3. The molecule has 2 rings (SSSR count). The van der Waals surface area contributed by atoms with Crippen molar-refractivity contribution in [3.05, 3.63) is 17.9 Å². The normalized spacial score (nSPS) is 9.33. The molecule has 0 bridgehead atoms. The Balaban J connectivity index is 0.000000405. The van der Waals surface area contributed by atoms with Crippen molar-refractivity contribution in [1.29, 1.82) is 0 Å². The maximum atomic E-state index is 4.00. The van der Waals surface area contributed by atoms with Gasteiger partial charge in [0.15, 0.2) is 0 Å². The zero-order valence-electron chi connectivity index (χ0n) is 3.98. The van der Waals surface area contributed by atoms with Crippen LogP contribution in [0.3, 0.4) is 0 Å². The third-order valence-electron chi connectivity index (χ3n) is 0.918. The summed E-state index contributed by atoms with van der Waals surface area (Å²) in [6, 6.07) is 0. The molecule has 0 aliphatic heterocycles. The minimum absolute atomic E-state index is 0. The van der Waals surface area contributed by atoms with Crippen LogP contribution in [0.2, 0.25) is 0 Å². The van der Waals surface area contributed by atoms with Crippen LogP contribution in [0, 0.1) is 0 Å². The molecule has 0 saturated heterocycles. The lowest BCUT2D eigenvalue weighted by atomic mass is 11.0. The Morgan fingerprint density at radius 1 is 1.56 bits per heavy atom. The van der Waals surface area contributed by atoms with E-state index in [-0.39, 0.29) is 7.43 Å². The SMILES string of the molecule is C.c1cn2ncsc2n1. The van der Waals surface area contributed by atoms with Crippen LogP contribution in [0.15, 0.2) is 17.9 Å². The third kappa shape index (κ3) is 0.810. The highest BCUT2D eigenvalue weighted by Gasteiger charge is 1.90. The first-order valence-corrected chi connectivity index (χ1v) is 3.07. The van der Waals surface area contributed by atoms with Crippen molar-refractivity contribution in [2.24, 2.45) is 0 Å². The van der Waals surface area contributed by atoms with Crippen molar-refractivity contribution in [1.82, 2.24) is 14.6 Å². The highest BCUT2D eigenvalue weighted by molar-refractivity contribution is 7.14. The van der Waals surface area contributed by atoms with E-state index < -0.39 is 0 Å². The van der Waals surface area contributed by atoms with Gasteiger partial charge in [-0.3, -0.25) is 0 Å². The Hall–Kier alpha value is -0.900. The molecule has 4 heteroatoms. The second-order valence-electron chi connectivity index (χ2n) is 1.39. The van der Waals surface area contributed by atoms with Crippen LogP contribution in [-0.2, 0) is 0 Å². The summed E-state index contributed by atoms with van der Waals surface area (Å²) in [4.78, 5) is 4.95. The summed E-state index contributed by atoms with van der Waals surface area (Å²) in [5, 5.41) is 3.95. The van der Waals surface area contributed by atoms with Crippen LogP contribution in [0.4, 0.5) is 0 Å². The molecule has 0 N–H and O–H groups in total. The van der Waals surface area contributed by atoms with Gasteiger partial charge in [0.25, 0.3) is 0 Å². The molecule has 0 amide bonds. The summed E-state index contributed by atoms with van der Waals surface area (Å²) < 4.78 is 1.74. The smallest absolute Gasteiger partial charge is 0.211 e. The molecule has 0 fully saturated rings. The molecule has 0 atom stereocenters. The zero-order valence-corrected chi connectivity index (χ0v) is 4.80. The number of hydrogen-bond acceptors (Lipinski definition) is 3. The first-order valence-electron chi connectivity index (χ1n) is 2.19. The minimum Gasteiger partial charge on any atom is -0.226 e. The van der Waals surface area contributed by atoms with Gasteiger partial charge in [-0.15, -0.1) is 0 Å². The first-order chi connectivity index (χ1) is 3.97. The Labute approximate surface area is 57.0 Å². The van der Waals surface area contributed by atoms with Crippen molar-refractivity contribution in [3.63, 3.8) is 0 Å². The van der Waals surface area contributed by atoms with E-state index in [0.717, 1.165) is 4.96 Å². The maximum absolute atomic E-state index is 4.00. The van der Waals surface area contributed by atoms with E-state index in [1.54, 1.807) is 16.2 Å². The second-order valence-corrected chi connectivity index (χ2v) is 2.20. The number of fused-ring (bicyclic) bond motifs is 1. The van der Waals surface area contributed by atoms with Gasteiger partial charge in [-0.2, -0.15) is 5.10 Å². The molecular formula is C5H7N3S. The second kappa shape index (κ2) is 2.14. The third-order valence-corrected chi connectivity index (χ3v) is 1.62. The monoisotopic (exact) mass is 141 g/mol. The topological polar surface area (TPSA) is 30.2 Å². The molecule has 2 heterocycles. The summed E-state index contributed by atoms with van der Waals surface area (Å²) in [6.07, 6.45) is 3.56. The van der Waals surface area contributed by atoms with Crippen LogP contribution in [0.25, 0.3) is 4.96 Å². The number of imidazole rings is 1. The minimum atomic E-state index is 0. The molecule has 3 nitrogen and oxygen atoms in total. The standard InChI is InChI=1S/C4H3N3S.CH4/c1-2-7-4(5-1)8-3-6-7;/h1-3H;1H4. The van der Waals surface area contributed by atoms with E-state index in [2.05, 4.69) is 10.1 Å². The van der Waals surface area contributed by atoms with E-state index in [1.807, 2.05) is 6.20 Å². The van der Waals surface area contributed by atoms with Crippen LogP contribution in [-0.4, -0.2) is 14.6 Å². The van der Waals surface area contributed by atoms with Crippen molar-refractivity contribution >= 4 is 16.3 Å². The number of aromatic nitrogens is 3. The predicted octanol–water partition coefficient (Wildman–Crippen LogP) is 1.43. The molecule has 0 unspecified atom stereocenters. The Morgan fingerprint density at radius 2 is 2.44 bits per heavy atom. The Bertz CT molecular complexity index is 234. The molecule has 2 aromatic heterocycles. The van der Waals surface area contributed by atoms with E-state index in [1.165, 1.54) is 11.3 Å². The average Bonchev–Trinajstić information content (AvgIpc) is 2.15. The van der Waals surface area contributed by atoms with Gasteiger partial charge in [-0.05, 0) is 0 Å². The van der Waals surface area contributed by atoms with E-state index in [4.69, 9.17) is 0 Å². The molecule has 2 aromatic rings. The van der Waals surface area contributed by atoms with Crippen LogP contribution < -0.4 is 0 Å². The molecule has 0 saturated carbocycles. The predicted molar refractivity (Wildman–Crippen MR) is 37.6 cm³/mol. The van der Waals surface area contributed by atoms with Crippen LogP contribution in [0.5, 0.6) is 0 Å². The number of rotatable bonds is 0. The summed E-state index contributed by atoms with van der Waals surface area (Å²) in [5.41, 5.74) is 1.77. The molecule has 0 aromatic carbocycles. The largest absolute Gasteiger partial charge is 0.226 e. The van der Waals surface area contributed by atoms with Crippen molar-refractivity contribution in [2.75, 3.05) is 0 Å². The van der Waals surface area contributed by atoms with Gasteiger partial charge >= 0.3 is 0 Å². The van der Waals surface area contributed by atoms with E-state index in [0.29, 0.717) is 0 Å². The van der Waals surface area contributed by atoms with Gasteiger partial charge in [0, 0.05) is 6.20 Å².